The maximum Gasteiger partial charge on any atom is 0.0702 e. The Bertz CT molecular complexity index is 216. The zero-order valence-electron chi connectivity index (χ0n) is 11.5. The van der Waals surface area contributed by atoms with E-state index in [-0.39, 0.29) is 0 Å². The van der Waals surface area contributed by atoms with Crippen LogP contribution < -0.4 is 5.32 Å². The Balaban J connectivity index is 1.71. The molecule has 3 heteroatoms. The lowest BCUT2D eigenvalue weighted by atomic mass is 9.97. The summed E-state index contributed by atoms with van der Waals surface area (Å²) in [6.45, 7) is 9.15. The Morgan fingerprint density at radius 1 is 1.35 bits per heavy atom. The molecule has 2 fully saturated rings. The largest absolute Gasteiger partial charge is 0.377 e. The van der Waals surface area contributed by atoms with E-state index in [0.717, 1.165) is 19.2 Å². The highest BCUT2D eigenvalue weighted by Gasteiger charge is 2.28. The van der Waals surface area contributed by atoms with Crippen molar-refractivity contribution < 1.29 is 4.74 Å². The maximum absolute atomic E-state index is 5.74. The van der Waals surface area contributed by atoms with Gasteiger partial charge in [-0.15, -0.1) is 0 Å². The van der Waals surface area contributed by atoms with Gasteiger partial charge in [-0.3, -0.25) is 4.90 Å². The molecule has 3 atom stereocenters. The summed E-state index contributed by atoms with van der Waals surface area (Å²) in [6, 6.07) is 1.45. The number of rotatable bonds is 5. The molecule has 0 aromatic carbocycles. The highest BCUT2D eigenvalue weighted by Crippen LogP contribution is 2.21. The molecule has 2 saturated heterocycles. The van der Waals surface area contributed by atoms with Crippen molar-refractivity contribution >= 4 is 0 Å². The summed E-state index contributed by atoms with van der Waals surface area (Å²) in [6.07, 6.45) is 6.88. The summed E-state index contributed by atoms with van der Waals surface area (Å²) in [4.78, 5) is 2.63. The van der Waals surface area contributed by atoms with Crippen molar-refractivity contribution in [2.45, 2.75) is 64.1 Å². The summed E-state index contributed by atoms with van der Waals surface area (Å²) in [5, 5.41) is 3.66. The van der Waals surface area contributed by atoms with Crippen molar-refractivity contribution in [1.82, 2.24) is 10.2 Å². The van der Waals surface area contributed by atoms with Gasteiger partial charge in [-0.05, 0) is 45.6 Å². The molecule has 0 spiro atoms. The molecule has 0 radical (unpaired) electrons. The molecule has 2 aliphatic heterocycles. The SMILES string of the molecule is CCCNC1CCN(CC2CCCO2)C(C)C1. The molecular formula is C14H28N2O. The van der Waals surface area contributed by atoms with Crippen molar-refractivity contribution in [3.63, 3.8) is 0 Å². The summed E-state index contributed by atoms with van der Waals surface area (Å²) in [7, 11) is 0. The van der Waals surface area contributed by atoms with Gasteiger partial charge in [0.1, 0.15) is 0 Å². The first-order valence-corrected chi connectivity index (χ1v) is 7.38. The molecule has 0 saturated carbocycles. The van der Waals surface area contributed by atoms with Crippen LogP contribution in [0.25, 0.3) is 0 Å². The topological polar surface area (TPSA) is 24.5 Å². The Kier molecular flexibility index (Phi) is 5.26. The molecule has 0 aromatic heterocycles. The van der Waals surface area contributed by atoms with E-state index in [1.165, 1.54) is 45.2 Å². The molecule has 0 amide bonds. The molecule has 1 N–H and O–H groups in total. The van der Waals surface area contributed by atoms with Gasteiger partial charge in [-0.2, -0.15) is 0 Å². The second-order valence-corrected chi connectivity index (χ2v) is 5.65. The van der Waals surface area contributed by atoms with Crippen molar-refractivity contribution in [1.29, 1.82) is 0 Å². The van der Waals surface area contributed by atoms with E-state index < -0.39 is 0 Å². The first kappa shape index (κ1) is 13.3. The first-order valence-electron chi connectivity index (χ1n) is 7.38. The number of nitrogens with one attached hydrogen (secondary N) is 1. The summed E-state index contributed by atoms with van der Waals surface area (Å²) in [5.41, 5.74) is 0. The van der Waals surface area contributed by atoms with Crippen LogP contribution >= 0.6 is 0 Å². The highest BCUT2D eigenvalue weighted by atomic mass is 16.5. The Labute approximate surface area is 106 Å². The van der Waals surface area contributed by atoms with Gasteiger partial charge in [-0.1, -0.05) is 6.92 Å². The van der Waals surface area contributed by atoms with Crippen molar-refractivity contribution in [2.75, 3.05) is 26.2 Å². The first-order chi connectivity index (χ1) is 8.29. The number of nitrogens with zero attached hydrogens (tertiary/aromatic N) is 1. The average Bonchev–Trinajstić information content (AvgIpc) is 2.82. The van der Waals surface area contributed by atoms with E-state index in [9.17, 15) is 0 Å². The van der Waals surface area contributed by atoms with Crippen molar-refractivity contribution in [3.05, 3.63) is 0 Å². The number of hydrogen-bond acceptors (Lipinski definition) is 3. The summed E-state index contributed by atoms with van der Waals surface area (Å²) < 4.78 is 5.74. The van der Waals surface area contributed by atoms with Gasteiger partial charge in [-0.25, -0.2) is 0 Å². The van der Waals surface area contributed by atoms with Crippen LogP contribution in [-0.4, -0.2) is 49.3 Å². The number of ether oxygens (including phenoxy) is 1. The van der Waals surface area contributed by atoms with E-state index in [0.29, 0.717) is 12.1 Å². The van der Waals surface area contributed by atoms with Gasteiger partial charge >= 0.3 is 0 Å². The number of piperidine rings is 1. The lowest BCUT2D eigenvalue weighted by molar-refractivity contribution is 0.0425. The zero-order valence-corrected chi connectivity index (χ0v) is 11.5. The van der Waals surface area contributed by atoms with Gasteiger partial charge in [0.15, 0.2) is 0 Å². The van der Waals surface area contributed by atoms with Crippen LogP contribution in [0.1, 0.15) is 46.0 Å². The molecule has 17 heavy (non-hydrogen) atoms. The maximum atomic E-state index is 5.74. The fraction of sp³-hybridized carbons (Fsp3) is 1.00. The van der Waals surface area contributed by atoms with Crippen LogP contribution in [0.3, 0.4) is 0 Å². The minimum Gasteiger partial charge on any atom is -0.377 e. The summed E-state index contributed by atoms with van der Waals surface area (Å²) in [5.74, 6) is 0. The third-order valence-electron chi connectivity index (χ3n) is 4.16. The van der Waals surface area contributed by atoms with Crippen LogP contribution in [0.2, 0.25) is 0 Å². The Morgan fingerprint density at radius 3 is 2.88 bits per heavy atom. The molecule has 0 bridgehead atoms. The fourth-order valence-electron chi connectivity index (χ4n) is 3.08. The second kappa shape index (κ2) is 6.72. The number of hydrogen-bond donors (Lipinski definition) is 1. The van der Waals surface area contributed by atoms with Crippen LogP contribution in [0.15, 0.2) is 0 Å². The van der Waals surface area contributed by atoms with Crippen LogP contribution in [0, 0.1) is 0 Å². The van der Waals surface area contributed by atoms with E-state index in [1.54, 1.807) is 0 Å². The van der Waals surface area contributed by atoms with Crippen molar-refractivity contribution in [2.24, 2.45) is 0 Å². The van der Waals surface area contributed by atoms with E-state index in [1.807, 2.05) is 0 Å². The normalized spacial score (nSPS) is 35.3. The quantitative estimate of drug-likeness (QED) is 0.795. The monoisotopic (exact) mass is 240 g/mol. The van der Waals surface area contributed by atoms with Crippen molar-refractivity contribution in [3.8, 4) is 0 Å². The van der Waals surface area contributed by atoms with E-state index >= 15 is 0 Å². The summed E-state index contributed by atoms with van der Waals surface area (Å²) >= 11 is 0. The van der Waals surface area contributed by atoms with E-state index in [4.69, 9.17) is 4.74 Å². The average molecular weight is 240 g/mol. The molecular weight excluding hydrogens is 212 g/mol. The second-order valence-electron chi connectivity index (χ2n) is 5.65. The van der Waals surface area contributed by atoms with Gasteiger partial charge in [0.2, 0.25) is 0 Å². The predicted molar refractivity (Wildman–Crippen MR) is 71.3 cm³/mol. The Hall–Kier alpha value is -0.120. The fourth-order valence-corrected chi connectivity index (χ4v) is 3.08. The van der Waals surface area contributed by atoms with Crippen LogP contribution in [0.4, 0.5) is 0 Å². The molecule has 2 heterocycles. The minimum absolute atomic E-state index is 0.512. The van der Waals surface area contributed by atoms with Gasteiger partial charge in [0.05, 0.1) is 6.10 Å². The molecule has 100 valence electrons. The molecule has 0 aliphatic carbocycles. The van der Waals surface area contributed by atoms with Gasteiger partial charge < -0.3 is 10.1 Å². The smallest absolute Gasteiger partial charge is 0.0702 e. The zero-order chi connectivity index (χ0) is 12.1. The van der Waals surface area contributed by atoms with Gasteiger partial charge in [0, 0.05) is 31.8 Å². The lowest BCUT2D eigenvalue weighted by Gasteiger charge is -2.39. The minimum atomic E-state index is 0.512. The standard InChI is InChI=1S/C14H28N2O/c1-3-7-15-13-6-8-16(12(2)10-13)11-14-5-4-9-17-14/h12-15H,3-11H2,1-2H3. The highest BCUT2D eigenvalue weighted by molar-refractivity contribution is 4.84. The third-order valence-corrected chi connectivity index (χ3v) is 4.16. The molecule has 3 unspecified atom stereocenters. The van der Waals surface area contributed by atoms with Crippen LogP contribution in [-0.2, 0) is 4.74 Å². The molecule has 2 rings (SSSR count). The predicted octanol–water partition coefficient (Wildman–Crippen LogP) is 2.02. The van der Waals surface area contributed by atoms with E-state index in [2.05, 4.69) is 24.1 Å². The third kappa shape index (κ3) is 3.94. The van der Waals surface area contributed by atoms with Gasteiger partial charge in [0.25, 0.3) is 0 Å². The van der Waals surface area contributed by atoms with Crippen LogP contribution in [0.5, 0.6) is 0 Å². The molecule has 0 aromatic rings. The Morgan fingerprint density at radius 2 is 2.24 bits per heavy atom. The number of likely N-dealkylation sites (tertiary alicyclic amines) is 1. The molecule has 2 aliphatic rings. The molecule has 3 nitrogen and oxygen atoms in total. The lowest BCUT2D eigenvalue weighted by Crippen LogP contribution is -2.49.